The Hall–Kier alpha value is -1.39. The van der Waals surface area contributed by atoms with Gasteiger partial charge in [0.1, 0.15) is 5.82 Å². The third-order valence-corrected chi connectivity index (χ3v) is 2.32. The molecule has 3 nitrogen and oxygen atoms in total. The van der Waals surface area contributed by atoms with Crippen molar-refractivity contribution in [2.75, 3.05) is 6.61 Å². The van der Waals surface area contributed by atoms with Crippen LogP contribution in [0.25, 0.3) is 6.08 Å². The Balaban J connectivity index is 2.56. The number of halogens is 2. The largest absolute Gasteiger partial charge is 0.273 e. The lowest BCUT2D eigenvalue weighted by atomic mass is 10.2. The number of nitrogens with one attached hydrogen (secondary N) is 1. The summed E-state index contributed by atoms with van der Waals surface area (Å²) in [6.45, 7) is 4.34. The smallest absolute Gasteiger partial charge is 0.267 e. The van der Waals surface area contributed by atoms with Crippen molar-refractivity contribution in [1.82, 2.24) is 5.48 Å². The zero-order valence-electron chi connectivity index (χ0n) is 10.2. The third-order valence-electron chi connectivity index (χ3n) is 1.99. The molecule has 0 aliphatic carbocycles. The first-order valence-electron chi connectivity index (χ1n) is 5.54. The maximum atomic E-state index is 13.4. The number of carbonyl (C=O) groups is 1. The zero-order chi connectivity index (χ0) is 13.5. The molecule has 1 amide bonds. The van der Waals surface area contributed by atoms with Crippen LogP contribution in [-0.2, 0) is 9.63 Å². The van der Waals surface area contributed by atoms with E-state index in [0.717, 1.165) is 0 Å². The van der Waals surface area contributed by atoms with Crippen molar-refractivity contribution in [2.45, 2.75) is 13.8 Å². The molecule has 0 aromatic heterocycles. The van der Waals surface area contributed by atoms with E-state index >= 15 is 0 Å². The first-order chi connectivity index (χ1) is 8.50. The summed E-state index contributed by atoms with van der Waals surface area (Å²) in [7, 11) is 0. The van der Waals surface area contributed by atoms with E-state index in [1.165, 1.54) is 24.3 Å². The molecular weight excluding hydrogens is 257 g/mol. The molecule has 0 radical (unpaired) electrons. The minimum Gasteiger partial charge on any atom is -0.273 e. The number of amides is 1. The van der Waals surface area contributed by atoms with E-state index in [0.29, 0.717) is 12.5 Å². The van der Waals surface area contributed by atoms with Gasteiger partial charge in [-0.2, -0.15) is 0 Å². The van der Waals surface area contributed by atoms with Gasteiger partial charge < -0.3 is 0 Å². The molecule has 0 heterocycles. The van der Waals surface area contributed by atoms with Crippen LogP contribution < -0.4 is 5.48 Å². The second-order valence-corrected chi connectivity index (χ2v) is 4.55. The van der Waals surface area contributed by atoms with Crippen molar-refractivity contribution in [1.29, 1.82) is 0 Å². The van der Waals surface area contributed by atoms with Gasteiger partial charge in [0, 0.05) is 11.6 Å². The molecule has 98 valence electrons. The zero-order valence-corrected chi connectivity index (χ0v) is 11.0. The fraction of sp³-hybridized carbons (Fsp3) is 0.308. The second kappa shape index (κ2) is 7.13. The van der Waals surface area contributed by atoms with Gasteiger partial charge in [0.2, 0.25) is 0 Å². The lowest BCUT2D eigenvalue weighted by Gasteiger charge is -2.05. The number of rotatable bonds is 5. The molecule has 0 saturated carbocycles. The highest BCUT2D eigenvalue weighted by molar-refractivity contribution is 6.32. The molecule has 0 aliphatic heterocycles. The van der Waals surface area contributed by atoms with E-state index in [1.807, 2.05) is 13.8 Å². The van der Waals surface area contributed by atoms with Crippen molar-refractivity contribution in [3.63, 3.8) is 0 Å². The standard InChI is InChI=1S/C13H15ClFNO2/c1-9(2)8-18-16-13(17)7-6-10-11(14)4-3-5-12(10)15/h3-7,9H,8H2,1-2H3,(H,16,17)/b7-6+. The Morgan fingerprint density at radius 3 is 2.89 bits per heavy atom. The highest BCUT2D eigenvalue weighted by Crippen LogP contribution is 2.20. The van der Waals surface area contributed by atoms with Gasteiger partial charge in [-0.25, -0.2) is 9.87 Å². The predicted molar refractivity (Wildman–Crippen MR) is 69.4 cm³/mol. The number of hydrogen-bond donors (Lipinski definition) is 1. The normalized spacial score (nSPS) is 11.2. The second-order valence-electron chi connectivity index (χ2n) is 4.14. The number of benzene rings is 1. The maximum absolute atomic E-state index is 13.4. The average Bonchev–Trinajstić information content (AvgIpc) is 2.27. The Kier molecular flexibility index (Phi) is 5.82. The van der Waals surface area contributed by atoms with E-state index in [-0.39, 0.29) is 10.6 Å². The van der Waals surface area contributed by atoms with Crippen LogP contribution in [0.1, 0.15) is 19.4 Å². The van der Waals surface area contributed by atoms with Gasteiger partial charge in [0.05, 0.1) is 11.6 Å². The van der Waals surface area contributed by atoms with E-state index in [4.69, 9.17) is 16.4 Å². The van der Waals surface area contributed by atoms with E-state index in [9.17, 15) is 9.18 Å². The summed E-state index contributed by atoms with van der Waals surface area (Å²) in [6, 6.07) is 4.33. The summed E-state index contributed by atoms with van der Waals surface area (Å²) in [5.74, 6) is -0.625. The summed E-state index contributed by atoms with van der Waals surface area (Å²) in [5.41, 5.74) is 2.41. The highest BCUT2D eigenvalue weighted by atomic mass is 35.5. The minimum absolute atomic E-state index is 0.179. The van der Waals surface area contributed by atoms with Crippen molar-refractivity contribution >= 4 is 23.6 Å². The van der Waals surface area contributed by atoms with Gasteiger partial charge in [-0.3, -0.25) is 9.63 Å². The molecule has 0 atom stereocenters. The van der Waals surface area contributed by atoms with Crippen LogP contribution in [-0.4, -0.2) is 12.5 Å². The summed E-state index contributed by atoms with van der Waals surface area (Å²) in [6.07, 6.45) is 2.48. The SMILES string of the molecule is CC(C)CONC(=O)/C=C/c1c(F)cccc1Cl. The summed E-state index contributed by atoms with van der Waals surface area (Å²) >= 11 is 5.80. The molecule has 0 fully saturated rings. The lowest BCUT2D eigenvalue weighted by Crippen LogP contribution is -2.23. The average molecular weight is 272 g/mol. The monoisotopic (exact) mass is 271 g/mol. The van der Waals surface area contributed by atoms with Crippen molar-refractivity contribution in [3.8, 4) is 0 Å². The number of hydrogen-bond acceptors (Lipinski definition) is 2. The van der Waals surface area contributed by atoms with Gasteiger partial charge in [0.25, 0.3) is 5.91 Å². The van der Waals surface area contributed by atoms with E-state index in [1.54, 1.807) is 6.07 Å². The maximum Gasteiger partial charge on any atom is 0.267 e. The number of carbonyl (C=O) groups excluding carboxylic acids is 1. The molecule has 0 aliphatic rings. The van der Waals surface area contributed by atoms with E-state index < -0.39 is 11.7 Å². The van der Waals surface area contributed by atoms with Crippen LogP contribution >= 0.6 is 11.6 Å². The van der Waals surface area contributed by atoms with Crippen molar-refractivity contribution in [3.05, 3.63) is 40.7 Å². The van der Waals surface area contributed by atoms with Crippen LogP contribution in [0.2, 0.25) is 5.02 Å². The van der Waals surface area contributed by atoms with Gasteiger partial charge in [0.15, 0.2) is 0 Å². The first kappa shape index (κ1) is 14.7. The van der Waals surface area contributed by atoms with E-state index in [2.05, 4.69) is 5.48 Å². The third kappa shape index (κ3) is 4.85. The van der Waals surface area contributed by atoms with Crippen LogP contribution in [0.15, 0.2) is 24.3 Å². The van der Waals surface area contributed by atoms with Gasteiger partial charge in [-0.05, 0) is 24.1 Å². The molecule has 0 bridgehead atoms. The Bertz CT molecular complexity index is 426. The Morgan fingerprint density at radius 1 is 1.56 bits per heavy atom. The van der Waals surface area contributed by atoms with Crippen molar-refractivity contribution < 1.29 is 14.0 Å². The first-order valence-corrected chi connectivity index (χ1v) is 5.92. The predicted octanol–water partition coefficient (Wildman–Crippen LogP) is 3.20. The molecule has 0 unspecified atom stereocenters. The van der Waals surface area contributed by atoms with Gasteiger partial charge in [-0.1, -0.05) is 31.5 Å². The highest BCUT2D eigenvalue weighted by Gasteiger charge is 2.04. The Labute approximate surface area is 111 Å². The fourth-order valence-electron chi connectivity index (χ4n) is 1.14. The molecule has 0 spiro atoms. The topological polar surface area (TPSA) is 38.3 Å². The van der Waals surface area contributed by atoms with Crippen LogP contribution in [0, 0.1) is 11.7 Å². The summed E-state index contributed by atoms with van der Waals surface area (Å²) < 4.78 is 13.4. The van der Waals surface area contributed by atoms with Crippen LogP contribution in [0.3, 0.4) is 0 Å². The molecule has 5 heteroatoms. The quantitative estimate of drug-likeness (QED) is 0.660. The lowest BCUT2D eigenvalue weighted by molar-refractivity contribution is -0.129. The molecule has 1 rings (SSSR count). The number of hydroxylamine groups is 1. The minimum atomic E-state index is -0.477. The fourth-order valence-corrected chi connectivity index (χ4v) is 1.37. The van der Waals surface area contributed by atoms with Gasteiger partial charge >= 0.3 is 0 Å². The molecule has 1 N–H and O–H groups in total. The molecule has 0 saturated heterocycles. The van der Waals surface area contributed by atoms with Gasteiger partial charge in [-0.15, -0.1) is 0 Å². The molecule has 18 heavy (non-hydrogen) atoms. The van der Waals surface area contributed by atoms with Crippen LogP contribution in [0.5, 0.6) is 0 Å². The van der Waals surface area contributed by atoms with Crippen molar-refractivity contribution in [2.24, 2.45) is 5.92 Å². The van der Waals surface area contributed by atoms with Crippen LogP contribution in [0.4, 0.5) is 4.39 Å². The summed E-state index contributed by atoms with van der Waals surface area (Å²) in [5, 5.41) is 0.252. The molecular formula is C13H15ClFNO2. The molecule has 1 aromatic carbocycles. The summed E-state index contributed by atoms with van der Waals surface area (Å²) in [4.78, 5) is 16.3. The molecule has 1 aromatic rings. The Morgan fingerprint density at radius 2 is 2.28 bits per heavy atom.